The molecule has 0 aliphatic heterocycles. The van der Waals surface area contributed by atoms with Gasteiger partial charge in [0, 0.05) is 12.2 Å². The quantitative estimate of drug-likeness (QED) is 0.137. The summed E-state index contributed by atoms with van der Waals surface area (Å²) in [5, 5.41) is 0. The fourth-order valence-electron chi connectivity index (χ4n) is 3.33. The van der Waals surface area contributed by atoms with E-state index in [9.17, 15) is 9.59 Å². The number of rotatable bonds is 14. The lowest BCUT2D eigenvalue weighted by molar-refractivity contribution is -0.140. The van der Waals surface area contributed by atoms with Crippen molar-refractivity contribution >= 4 is 45.2 Å². The number of esters is 2. The predicted octanol–water partition coefficient (Wildman–Crippen LogP) is 5.52. The van der Waals surface area contributed by atoms with Gasteiger partial charge in [-0.1, -0.05) is 0 Å². The van der Waals surface area contributed by atoms with E-state index in [1.807, 2.05) is 0 Å². The van der Waals surface area contributed by atoms with Gasteiger partial charge in [0.05, 0.1) is 13.2 Å². The van der Waals surface area contributed by atoms with Crippen LogP contribution >= 0.6 is 0 Å². The molecular weight excluding hydrogens is 449 g/mol. The molecule has 0 saturated heterocycles. The first kappa shape index (κ1) is 29.5. The Morgan fingerprint density at radius 2 is 0.900 bits per heavy atom. The molecule has 10 heteroatoms. The predicted molar refractivity (Wildman–Crippen MR) is 134 cm³/mol. The van der Waals surface area contributed by atoms with E-state index >= 15 is 0 Å². The molecule has 0 amide bonds. The van der Waals surface area contributed by atoms with Crippen LogP contribution in [0.5, 0.6) is 0 Å². The van der Waals surface area contributed by atoms with Crippen LogP contribution in [0.3, 0.4) is 0 Å². The van der Waals surface area contributed by atoms with Gasteiger partial charge in [0.1, 0.15) is 0 Å². The molecule has 0 unspecified atom stereocenters. The van der Waals surface area contributed by atoms with Crippen LogP contribution in [0.4, 0.5) is 0 Å². The van der Waals surface area contributed by atoms with Gasteiger partial charge in [-0.05, 0) is 90.4 Å². The molecule has 0 N–H and O–H groups in total. The third kappa shape index (κ3) is 18.3. The van der Waals surface area contributed by atoms with Gasteiger partial charge < -0.3 is 17.7 Å². The first-order chi connectivity index (χ1) is 13.4. The molecule has 0 bridgehead atoms. The minimum atomic E-state index is -1.72. The Labute approximate surface area is 188 Å². The van der Waals surface area contributed by atoms with Crippen molar-refractivity contribution in [3.8, 4) is 0 Å². The first-order valence-corrected chi connectivity index (χ1v) is 23.9. The highest BCUT2D eigenvalue weighted by Crippen LogP contribution is 2.20. The van der Waals surface area contributed by atoms with Crippen molar-refractivity contribution in [3.63, 3.8) is 0 Å². The summed E-state index contributed by atoms with van der Waals surface area (Å²) >= 11 is 0. The maximum atomic E-state index is 11.8. The topological polar surface area (TPSA) is 71.1 Å². The highest BCUT2D eigenvalue weighted by molar-refractivity contribution is 6.84. The average molecular weight is 493 g/mol. The van der Waals surface area contributed by atoms with Gasteiger partial charge in [-0.2, -0.15) is 0 Å². The second-order valence-corrected chi connectivity index (χ2v) is 28.9. The molecular formula is C20H44O6Si4. The smallest absolute Gasteiger partial charge is 0.331 e. The van der Waals surface area contributed by atoms with Crippen molar-refractivity contribution in [2.75, 3.05) is 13.2 Å². The maximum Gasteiger partial charge on any atom is 0.331 e. The summed E-state index contributed by atoms with van der Waals surface area (Å²) in [6.07, 6.45) is 3.81. The summed E-state index contributed by atoms with van der Waals surface area (Å²) in [7, 11) is -6.53. The molecule has 30 heavy (non-hydrogen) atoms. The molecule has 6 nitrogen and oxygen atoms in total. The normalized spacial score (nSPS) is 13.5. The van der Waals surface area contributed by atoms with Gasteiger partial charge in [-0.25, -0.2) is 9.59 Å². The molecule has 0 aromatic rings. The molecule has 176 valence electrons. The van der Waals surface area contributed by atoms with Crippen molar-refractivity contribution in [2.24, 2.45) is 0 Å². The van der Waals surface area contributed by atoms with E-state index in [4.69, 9.17) is 17.7 Å². The van der Waals surface area contributed by atoms with E-state index in [1.54, 1.807) is 0 Å². The highest BCUT2D eigenvalue weighted by atomic mass is 28.4. The largest absolute Gasteiger partial charge is 0.463 e. The lowest BCUT2D eigenvalue weighted by atomic mass is 10.4. The second kappa shape index (κ2) is 12.5. The SMILES string of the molecule is C[Si](C)(C)O[Si](C)(C)CCCOC(=O)/C=C/C(=O)OCCC[Si](C)(C)O[Si](C)(C)C. The fraction of sp³-hybridized carbons (Fsp3) is 0.800. The number of ether oxygens (including phenoxy) is 2. The summed E-state index contributed by atoms with van der Waals surface area (Å²) in [6.45, 7) is 22.6. The summed E-state index contributed by atoms with van der Waals surface area (Å²) in [4.78, 5) is 23.5. The average Bonchev–Trinajstić information content (AvgIpc) is 2.49. The van der Waals surface area contributed by atoms with Crippen molar-refractivity contribution in [1.82, 2.24) is 0 Å². The Morgan fingerprint density at radius 1 is 0.600 bits per heavy atom. The Morgan fingerprint density at radius 3 is 1.17 bits per heavy atom. The number of hydrogen-bond donors (Lipinski definition) is 0. The molecule has 0 atom stereocenters. The number of hydrogen-bond acceptors (Lipinski definition) is 6. The molecule has 0 aromatic heterocycles. The zero-order valence-electron chi connectivity index (χ0n) is 20.8. The second-order valence-electron chi connectivity index (χ2n) is 10.8. The van der Waals surface area contributed by atoms with Gasteiger partial charge in [0.15, 0.2) is 33.3 Å². The van der Waals surface area contributed by atoms with E-state index in [0.29, 0.717) is 13.2 Å². The Balaban J connectivity index is 4.05. The lowest BCUT2D eigenvalue weighted by Crippen LogP contribution is -2.42. The molecule has 0 fully saturated rings. The van der Waals surface area contributed by atoms with Gasteiger partial charge in [-0.3, -0.25) is 0 Å². The summed E-state index contributed by atoms with van der Waals surface area (Å²) in [6, 6.07) is 1.88. The highest BCUT2D eigenvalue weighted by Gasteiger charge is 2.30. The van der Waals surface area contributed by atoms with Crippen LogP contribution in [0.15, 0.2) is 12.2 Å². The molecule has 0 spiro atoms. The van der Waals surface area contributed by atoms with E-state index in [1.165, 1.54) is 0 Å². The molecule has 0 rings (SSSR count). The van der Waals surface area contributed by atoms with E-state index < -0.39 is 45.2 Å². The Kier molecular flexibility index (Phi) is 12.3. The lowest BCUT2D eigenvalue weighted by Gasteiger charge is -2.31. The zero-order chi connectivity index (χ0) is 23.6. The third-order valence-electron chi connectivity index (χ3n) is 3.86. The molecule has 0 aliphatic carbocycles. The van der Waals surface area contributed by atoms with Crippen molar-refractivity contribution < 1.29 is 27.3 Å². The summed E-state index contributed by atoms with van der Waals surface area (Å²) in [5.41, 5.74) is 0. The van der Waals surface area contributed by atoms with E-state index in [0.717, 1.165) is 37.1 Å². The molecule has 0 heterocycles. The fourth-order valence-corrected chi connectivity index (χ4v) is 19.4. The van der Waals surface area contributed by atoms with Crippen LogP contribution in [-0.4, -0.2) is 58.4 Å². The van der Waals surface area contributed by atoms with Gasteiger partial charge in [-0.15, -0.1) is 0 Å². The molecule has 0 saturated carbocycles. The minimum Gasteiger partial charge on any atom is -0.463 e. The van der Waals surface area contributed by atoms with Crippen molar-refractivity contribution in [3.05, 3.63) is 12.2 Å². The third-order valence-corrected chi connectivity index (χ3v) is 16.3. The molecule has 0 aliphatic rings. The van der Waals surface area contributed by atoms with Gasteiger partial charge in [0.2, 0.25) is 0 Å². The van der Waals surface area contributed by atoms with Crippen LogP contribution in [-0.2, 0) is 27.3 Å². The van der Waals surface area contributed by atoms with Crippen LogP contribution in [0.1, 0.15) is 12.8 Å². The van der Waals surface area contributed by atoms with E-state index in [2.05, 4.69) is 65.5 Å². The van der Waals surface area contributed by atoms with Gasteiger partial charge >= 0.3 is 11.9 Å². The van der Waals surface area contributed by atoms with Crippen molar-refractivity contribution in [1.29, 1.82) is 0 Å². The van der Waals surface area contributed by atoms with E-state index in [-0.39, 0.29) is 0 Å². The molecule has 0 radical (unpaired) electrons. The molecule has 0 aromatic carbocycles. The maximum absolute atomic E-state index is 11.8. The zero-order valence-corrected chi connectivity index (χ0v) is 24.8. The van der Waals surface area contributed by atoms with Crippen LogP contribution in [0.2, 0.25) is 77.6 Å². The van der Waals surface area contributed by atoms with Crippen LogP contribution < -0.4 is 0 Å². The standard InChI is InChI=1S/C20H44O6Si4/c1-27(2,3)25-29(7,8)17-11-15-23-19(21)13-14-20(22)24-16-12-18-30(9,10)26-28(4,5)6/h13-14H,11-12,15-18H2,1-10H3/b14-13+. The van der Waals surface area contributed by atoms with Crippen LogP contribution in [0.25, 0.3) is 0 Å². The first-order valence-electron chi connectivity index (χ1n) is 10.8. The summed E-state index contributed by atoms with van der Waals surface area (Å²) in [5.74, 6) is -1.04. The minimum absolute atomic E-state index is 0.334. The Hall–Kier alpha value is -0.532. The number of carbonyl (C=O) groups excluding carboxylic acids is 2. The summed E-state index contributed by atoms with van der Waals surface area (Å²) < 4.78 is 22.9. The monoisotopic (exact) mass is 492 g/mol. The van der Waals surface area contributed by atoms with Gasteiger partial charge in [0.25, 0.3) is 0 Å². The van der Waals surface area contributed by atoms with Crippen molar-refractivity contribution in [2.45, 2.75) is 90.4 Å². The number of carbonyl (C=O) groups is 2. The Bertz CT molecular complexity index is 527. The van der Waals surface area contributed by atoms with Crippen LogP contribution in [0, 0.1) is 0 Å².